The number of likely N-dealkylation sites (N-methyl/N-ethyl adjacent to an activating group) is 1. The van der Waals surface area contributed by atoms with Crippen molar-refractivity contribution in [1.82, 2.24) is 15.1 Å². The third-order valence-corrected chi connectivity index (χ3v) is 4.59. The average Bonchev–Trinajstić information content (AvgIpc) is 3.08. The lowest BCUT2D eigenvalue weighted by Crippen LogP contribution is -2.47. The molecular weight excluding hydrogens is 286 g/mol. The standard InChI is InChI=1S/C15H23N3O2S/c1-12(11-18-8-3-6-14(18)19)16-15(20)17(2)9-7-13-5-4-10-21-13/h4-5,10,12H,3,6-9,11H2,1-2H3,(H,16,20)/t12-/m1/s1. The number of rotatable bonds is 6. The Labute approximate surface area is 129 Å². The van der Waals surface area contributed by atoms with Crippen molar-refractivity contribution in [3.63, 3.8) is 0 Å². The van der Waals surface area contributed by atoms with Crippen molar-refractivity contribution in [3.8, 4) is 0 Å². The molecule has 1 saturated heterocycles. The first-order valence-electron chi connectivity index (χ1n) is 7.38. The third-order valence-electron chi connectivity index (χ3n) is 3.66. The number of likely N-dealkylation sites (tertiary alicyclic amines) is 1. The summed E-state index contributed by atoms with van der Waals surface area (Å²) in [4.78, 5) is 28.5. The van der Waals surface area contributed by atoms with E-state index in [1.54, 1.807) is 23.3 Å². The second kappa shape index (κ2) is 7.45. The molecule has 5 nitrogen and oxygen atoms in total. The predicted octanol–water partition coefficient (Wildman–Crippen LogP) is 1.94. The van der Waals surface area contributed by atoms with Crippen molar-refractivity contribution in [2.45, 2.75) is 32.2 Å². The number of urea groups is 1. The molecule has 116 valence electrons. The molecule has 1 aliphatic heterocycles. The summed E-state index contributed by atoms with van der Waals surface area (Å²) in [6.07, 6.45) is 2.45. The van der Waals surface area contributed by atoms with Gasteiger partial charge in [-0.25, -0.2) is 4.79 Å². The number of thiophene rings is 1. The van der Waals surface area contributed by atoms with Crippen molar-refractivity contribution >= 4 is 23.3 Å². The fourth-order valence-corrected chi connectivity index (χ4v) is 3.13. The molecule has 0 radical (unpaired) electrons. The lowest BCUT2D eigenvalue weighted by atomic mass is 10.3. The molecule has 6 heteroatoms. The van der Waals surface area contributed by atoms with E-state index >= 15 is 0 Å². The van der Waals surface area contributed by atoms with Crippen LogP contribution in [0.3, 0.4) is 0 Å². The van der Waals surface area contributed by atoms with Crippen molar-refractivity contribution in [3.05, 3.63) is 22.4 Å². The van der Waals surface area contributed by atoms with Crippen LogP contribution in [-0.4, -0.2) is 54.5 Å². The molecule has 1 aromatic rings. The van der Waals surface area contributed by atoms with E-state index in [-0.39, 0.29) is 18.0 Å². The van der Waals surface area contributed by atoms with Gasteiger partial charge in [0, 0.05) is 44.0 Å². The first-order valence-corrected chi connectivity index (χ1v) is 8.26. The normalized spacial score (nSPS) is 16.1. The molecular formula is C15H23N3O2S. The zero-order chi connectivity index (χ0) is 15.2. The Morgan fingerprint density at radius 1 is 1.57 bits per heavy atom. The smallest absolute Gasteiger partial charge is 0.317 e. The van der Waals surface area contributed by atoms with Gasteiger partial charge in [0.2, 0.25) is 5.91 Å². The Morgan fingerprint density at radius 2 is 2.38 bits per heavy atom. The van der Waals surface area contributed by atoms with E-state index in [0.717, 1.165) is 19.4 Å². The van der Waals surface area contributed by atoms with Crippen molar-refractivity contribution in [2.75, 3.05) is 26.7 Å². The number of hydrogen-bond donors (Lipinski definition) is 1. The van der Waals surface area contributed by atoms with Gasteiger partial charge in [0.1, 0.15) is 0 Å². The molecule has 0 aromatic carbocycles. The Morgan fingerprint density at radius 3 is 3.00 bits per heavy atom. The van der Waals surface area contributed by atoms with E-state index in [1.807, 2.05) is 23.3 Å². The quantitative estimate of drug-likeness (QED) is 0.873. The SMILES string of the molecule is C[C@H](CN1CCCC1=O)NC(=O)N(C)CCc1cccs1. The van der Waals surface area contributed by atoms with Crippen LogP contribution in [0.15, 0.2) is 17.5 Å². The summed E-state index contributed by atoms with van der Waals surface area (Å²) in [5.41, 5.74) is 0. The molecule has 2 heterocycles. The molecule has 0 saturated carbocycles. The molecule has 2 rings (SSSR count). The number of carbonyl (C=O) groups is 2. The minimum absolute atomic E-state index is 0.0243. The van der Waals surface area contributed by atoms with E-state index in [9.17, 15) is 9.59 Å². The van der Waals surface area contributed by atoms with E-state index in [1.165, 1.54) is 4.88 Å². The zero-order valence-electron chi connectivity index (χ0n) is 12.7. The van der Waals surface area contributed by atoms with Gasteiger partial charge in [0.05, 0.1) is 0 Å². The van der Waals surface area contributed by atoms with Crippen molar-refractivity contribution < 1.29 is 9.59 Å². The molecule has 3 amide bonds. The molecule has 1 aromatic heterocycles. The average molecular weight is 309 g/mol. The molecule has 21 heavy (non-hydrogen) atoms. The summed E-state index contributed by atoms with van der Waals surface area (Å²) in [6, 6.07) is 4.00. The molecule has 0 bridgehead atoms. The van der Waals surface area contributed by atoms with Gasteiger partial charge < -0.3 is 15.1 Å². The van der Waals surface area contributed by atoms with E-state index in [2.05, 4.69) is 11.4 Å². The lowest BCUT2D eigenvalue weighted by Gasteiger charge is -2.24. The summed E-state index contributed by atoms with van der Waals surface area (Å²) in [6.45, 7) is 4.05. The minimum atomic E-state index is -0.0781. The van der Waals surface area contributed by atoms with Crippen LogP contribution in [0.5, 0.6) is 0 Å². The Balaban J connectivity index is 1.70. The highest BCUT2D eigenvalue weighted by Gasteiger charge is 2.22. The topological polar surface area (TPSA) is 52.7 Å². The number of nitrogens with zero attached hydrogens (tertiary/aromatic N) is 2. The second-order valence-corrected chi connectivity index (χ2v) is 6.58. The van der Waals surface area contributed by atoms with Crippen LogP contribution >= 0.6 is 11.3 Å². The fourth-order valence-electron chi connectivity index (χ4n) is 2.43. The van der Waals surface area contributed by atoms with Crippen LogP contribution in [0.1, 0.15) is 24.6 Å². The lowest BCUT2D eigenvalue weighted by molar-refractivity contribution is -0.127. The van der Waals surface area contributed by atoms with Gasteiger partial charge in [0.15, 0.2) is 0 Å². The Hall–Kier alpha value is -1.56. The molecule has 1 atom stereocenters. The van der Waals surface area contributed by atoms with E-state index < -0.39 is 0 Å². The summed E-state index contributed by atoms with van der Waals surface area (Å²) >= 11 is 1.71. The molecule has 0 aliphatic carbocycles. The predicted molar refractivity (Wildman–Crippen MR) is 84.5 cm³/mol. The first-order chi connectivity index (χ1) is 10.1. The van der Waals surface area contributed by atoms with Crippen LogP contribution in [0, 0.1) is 0 Å². The summed E-state index contributed by atoms with van der Waals surface area (Å²) in [7, 11) is 1.80. The summed E-state index contributed by atoms with van der Waals surface area (Å²) in [5, 5.41) is 5.00. The van der Waals surface area contributed by atoms with Crippen molar-refractivity contribution in [2.24, 2.45) is 0 Å². The number of hydrogen-bond acceptors (Lipinski definition) is 3. The van der Waals surface area contributed by atoms with Gasteiger partial charge in [-0.15, -0.1) is 11.3 Å². The van der Waals surface area contributed by atoms with Gasteiger partial charge in [-0.1, -0.05) is 6.07 Å². The number of nitrogens with one attached hydrogen (secondary N) is 1. The summed E-state index contributed by atoms with van der Waals surface area (Å²) in [5.74, 6) is 0.196. The van der Waals surface area contributed by atoms with Crippen LogP contribution in [0.2, 0.25) is 0 Å². The number of carbonyl (C=O) groups excluding carboxylic acids is 2. The van der Waals surface area contributed by atoms with Gasteiger partial charge in [-0.3, -0.25) is 4.79 Å². The van der Waals surface area contributed by atoms with Crippen LogP contribution < -0.4 is 5.32 Å². The van der Waals surface area contributed by atoms with Crippen molar-refractivity contribution in [1.29, 1.82) is 0 Å². The largest absolute Gasteiger partial charge is 0.341 e. The van der Waals surface area contributed by atoms with Gasteiger partial charge in [-0.05, 0) is 31.2 Å². The first kappa shape index (κ1) is 15.8. The van der Waals surface area contributed by atoms with Crippen LogP contribution in [-0.2, 0) is 11.2 Å². The number of amides is 3. The Kier molecular flexibility index (Phi) is 5.61. The van der Waals surface area contributed by atoms with E-state index in [4.69, 9.17) is 0 Å². The second-order valence-electron chi connectivity index (χ2n) is 5.54. The van der Waals surface area contributed by atoms with Crippen LogP contribution in [0.4, 0.5) is 4.79 Å². The maximum atomic E-state index is 12.1. The monoisotopic (exact) mass is 309 g/mol. The van der Waals surface area contributed by atoms with Crippen LogP contribution in [0.25, 0.3) is 0 Å². The maximum absolute atomic E-state index is 12.1. The highest BCUT2D eigenvalue weighted by molar-refractivity contribution is 7.09. The summed E-state index contributed by atoms with van der Waals surface area (Å²) < 4.78 is 0. The molecule has 1 fully saturated rings. The molecule has 1 aliphatic rings. The maximum Gasteiger partial charge on any atom is 0.317 e. The fraction of sp³-hybridized carbons (Fsp3) is 0.600. The van der Waals surface area contributed by atoms with E-state index in [0.29, 0.717) is 19.5 Å². The highest BCUT2D eigenvalue weighted by atomic mass is 32.1. The molecule has 0 spiro atoms. The highest BCUT2D eigenvalue weighted by Crippen LogP contribution is 2.11. The van der Waals surface area contributed by atoms with Gasteiger partial charge in [-0.2, -0.15) is 0 Å². The van der Waals surface area contributed by atoms with Gasteiger partial charge >= 0.3 is 6.03 Å². The molecule has 0 unspecified atom stereocenters. The Bertz CT molecular complexity index is 475. The zero-order valence-corrected chi connectivity index (χ0v) is 13.5. The molecule has 1 N–H and O–H groups in total. The van der Waals surface area contributed by atoms with Gasteiger partial charge in [0.25, 0.3) is 0 Å². The minimum Gasteiger partial charge on any atom is -0.341 e. The third kappa shape index (κ3) is 4.74.